The summed E-state index contributed by atoms with van der Waals surface area (Å²) >= 11 is 1.50. The van der Waals surface area contributed by atoms with E-state index in [2.05, 4.69) is 5.32 Å². The molecule has 0 spiro atoms. The van der Waals surface area contributed by atoms with Crippen molar-refractivity contribution in [3.63, 3.8) is 0 Å². The lowest BCUT2D eigenvalue weighted by atomic mass is 10.3. The Hall–Kier alpha value is -3.26. The van der Waals surface area contributed by atoms with Crippen LogP contribution in [-0.4, -0.2) is 72.7 Å². The van der Waals surface area contributed by atoms with E-state index in [0.717, 1.165) is 22.0 Å². The van der Waals surface area contributed by atoms with Crippen LogP contribution in [-0.2, 0) is 24.8 Å². The van der Waals surface area contributed by atoms with Crippen molar-refractivity contribution in [3.8, 4) is 11.5 Å². The molecule has 42 heavy (non-hydrogen) atoms. The SMILES string of the molecule is CCOc1ccc(N(CC(=O)NCCOc2ccc(S(=O)(=O)N3CCCC3)cc2)S(=O)(=O)c2ccc(SC)cc2)cc1. The van der Waals surface area contributed by atoms with Gasteiger partial charge in [0.05, 0.1) is 28.6 Å². The number of hydrogen-bond donors (Lipinski definition) is 1. The van der Waals surface area contributed by atoms with Gasteiger partial charge in [0.2, 0.25) is 15.9 Å². The van der Waals surface area contributed by atoms with Gasteiger partial charge in [0.15, 0.2) is 0 Å². The highest BCUT2D eigenvalue weighted by Gasteiger charge is 2.28. The van der Waals surface area contributed by atoms with Crippen LogP contribution in [0.3, 0.4) is 0 Å². The first-order valence-corrected chi connectivity index (χ1v) is 17.6. The van der Waals surface area contributed by atoms with E-state index in [-0.39, 0.29) is 22.9 Å². The largest absolute Gasteiger partial charge is 0.494 e. The van der Waals surface area contributed by atoms with Gasteiger partial charge < -0.3 is 14.8 Å². The van der Waals surface area contributed by atoms with E-state index in [1.807, 2.05) is 13.2 Å². The highest BCUT2D eigenvalue weighted by Crippen LogP contribution is 2.27. The Kier molecular flexibility index (Phi) is 10.8. The molecule has 0 bridgehead atoms. The van der Waals surface area contributed by atoms with Crippen LogP contribution < -0.4 is 19.1 Å². The molecule has 10 nitrogen and oxygen atoms in total. The number of sulfonamides is 2. The van der Waals surface area contributed by atoms with Gasteiger partial charge in [0.1, 0.15) is 24.7 Å². The summed E-state index contributed by atoms with van der Waals surface area (Å²) in [4.78, 5) is 14.1. The molecule has 1 amide bonds. The Morgan fingerprint density at radius 2 is 1.43 bits per heavy atom. The molecule has 0 aliphatic carbocycles. The standard InChI is InChI=1S/C29H35N3O7S3/c1-3-38-24-8-6-23(7-9-24)32(42(36,37)28-16-12-26(40-2)13-17-28)22-29(33)30-18-21-39-25-10-14-27(15-11-25)41(34,35)31-19-4-5-20-31/h6-17H,3-5,18-22H2,1-2H3,(H,30,33). The van der Waals surface area contributed by atoms with Gasteiger partial charge in [-0.15, -0.1) is 11.8 Å². The van der Waals surface area contributed by atoms with Gasteiger partial charge >= 0.3 is 0 Å². The second-order valence-corrected chi connectivity index (χ2v) is 14.1. The summed E-state index contributed by atoms with van der Waals surface area (Å²) in [6.45, 7) is 3.16. The van der Waals surface area contributed by atoms with Crippen LogP contribution in [0.4, 0.5) is 5.69 Å². The third-order valence-electron chi connectivity index (χ3n) is 6.59. The predicted octanol–water partition coefficient (Wildman–Crippen LogP) is 3.98. The molecule has 1 aliphatic rings. The van der Waals surface area contributed by atoms with E-state index >= 15 is 0 Å². The molecule has 0 radical (unpaired) electrons. The van der Waals surface area contributed by atoms with Crippen LogP contribution in [0.5, 0.6) is 11.5 Å². The molecular weight excluding hydrogens is 599 g/mol. The number of thioether (sulfide) groups is 1. The van der Waals surface area contributed by atoms with Crippen molar-refractivity contribution in [2.45, 2.75) is 34.5 Å². The third-order valence-corrected chi connectivity index (χ3v) is 11.0. The zero-order valence-corrected chi connectivity index (χ0v) is 26.0. The van der Waals surface area contributed by atoms with Crippen molar-refractivity contribution in [2.75, 3.05) is 50.0 Å². The zero-order chi connectivity index (χ0) is 30.2. The number of amides is 1. The predicted molar refractivity (Wildman–Crippen MR) is 163 cm³/mol. The van der Waals surface area contributed by atoms with Crippen LogP contribution in [0.1, 0.15) is 19.8 Å². The zero-order valence-electron chi connectivity index (χ0n) is 23.6. The van der Waals surface area contributed by atoms with Crippen molar-refractivity contribution in [2.24, 2.45) is 0 Å². The minimum Gasteiger partial charge on any atom is -0.494 e. The summed E-state index contributed by atoms with van der Waals surface area (Å²) in [6, 6.07) is 19.2. The average Bonchev–Trinajstić information content (AvgIpc) is 3.55. The molecular formula is C29H35N3O7S3. The molecule has 1 N–H and O–H groups in total. The number of carbonyl (C=O) groups excluding carboxylic acids is 1. The normalized spacial score (nSPS) is 14.0. The topological polar surface area (TPSA) is 122 Å². The minimum atomic E-state index is -4.06. The van der Waals surface area contributed by atoms with Crippen LogP contribution in [0, 0.1) is 0 Å². The Morgan fingerprint density at radius 3 is 2.02 bits per heavy atom. The summed E-state index contributed by atoms with van der Waals surface area (Å²) in [5.41, 5.74) is 0.322. The van der Waals surface area contributed by atoms with E-state index in [1.165, 1.54) is 40.3 Å². The number of anilines is 1. The number of nitrogens with zero attached hydrogens (tertiary/aromatic N) is 2. The Labute approximate surface area is 252 Å². The lowest BCUT2D eigenvalue weighted by molar-refractivity contribution is -0.119. The van der Waals surface area contributed by atoms with Crippen LogP contribution in [0.2, 0.25) is 0 Å². The number of rotatable bonds is 14. The molecule has 4 rings (SSSR count). The molecule has 3 aromatic rings. The molecule has 226 valence electrons. The maximum absolute atomic E-state index is 13.6. The van der Waals surface area contributed by atoms with Crippen molar-refractivity contribution in [1.82, 2.24) is 9.62 Å². The lowest BCUT2D eigenvalue weighted by Gasteiger charge is -2.24. The van der Waals surface area contributed by atoms with Gasteiger partial charge in [-0.2, -0.15) is 4.31 Å². The van der Waals surface area contributed by atoms with E-state index in [9.17, 15) is 21.6 Å². The second kappa shape index (κ2) is 14.3. The minimum absolute atomic E-state index is 0.0699. The van der Waals surface area contributed by atoms with Gasteiger partial charge in [0, 0.05) is 18.0 Å². The number of nitrogens with one attached hydrogen (secondary N) is 1. The smallest absolute Gasteiger partial charge is 0.264 e. The van der Waals surface area contributed by atoms with Gasteiger partial charge in [-0.25, -0.2) is 16.8 Å². The van der Waals surface area contributed by atoms with E-state index in [4.69, 9.17) is 9.47 Å². The van der Waals surface area contributed by atoms with Gasteiger partial charge in [-0.1, -0.05) is 0 Å². The van der Waals surface area contributed by atoms with E-state index in [1.54, 1.807) is 48.5 Å². The fourth-order valence-electron chi connectivity index (χ4n) is 4.40. The van der Waals surface area contributed by atoms with Gasteiger partial charge in [-0.05, 0) is 98.8 Å². The fourth-order valence-corrected chi connectivity index (χ4v) is 7.74. The molecule has 0 saturated carbocycles. The summed E-state index contributed by atoms with van der Waals surface area (Å²) in [5, 5.41) is 2.70. The molecule has 0 unspecified atom stereocenters. The highest BCUT2D eigenvalue weighted by atomic mass is 32.2. The van der Waals surface area contributed by atoms with Crippen LogP contribution >= 0.6 is 11.8 Å². The summed E-state index contributed by atoms with van der Waals surface area (Å²) < 4.78 is 66.3. The molecule has 1 aliphatic heterocycles. The first-order chi connectivity index (χ1) is 20.1. The molecule has 1 heterocycles. The lowest BCUT2D eigenvalue weighted by Crippen LogP contribution is -2.41. The quantitative estimate of drug-likeness (QED) is 0.209. The van der Waals surface area contributed by atoms with Crippen molar-refractivity contribution in [1.29, 1.82) is 0 Å². The molecule has 1 fully saturated rings. The fraction of sp³-hybridized carbons (Fsp3) is 0.345. The maximum Gasteiger partial charge on any atom is 0.264 e. The maximum atomic E-state index is 13.6. The first kappa shape index (κ1) is 31.7. The van der Waals surface area contributed by atoms with Gasteiger partial charge in [0.25, 0.3) is 10.0 Å². The highest BCUT2D eigenvalue weighted by molar-refractivity contribution is 7.98. The van der Waals surface area contributed by atoms with Crippen LogP contribution in [0.25, 0.3) is 0 Å². The van der Waals surface area contributed by atoms with E-state index in [0.29, 0.717) is 36.9 Å². The first-order valence-electron chi connectivity index (χ1n) is 13.5. The van der Waals surface area contributed by atoms with Crippen molar-refractivity contribution >= 4 is 43.4 Å². The summed E-state index contributed by atoms with van der Waals surface area (Å²) in [5.74, 6) is 0.534. The Balaban J connectivity index is 1.38. The molecule has 13 heteroatoms. The summed E-state index contributed by atoms with van der Waals surface area (Å²) in [6.07, 6.45) is 3.63. The van der Waals surface area contributed by atoms with Gasteiger partial charge in [-0.3, -0.25) is 9.10 Å². The number of ether oxygens (including phenoxy) is 2. The van der Waals surface area contributed by atoms with Crippen molar-refractivity contribution < 1.29 is 31.1 Å². The number of hydrogen-bond acceptors (Lipinski definition) is 8. The van der Waals surface area contributed by atoms with Crippen LogP contribution in [0.15, 0.2) is 87.5 Å². The molecule has 0 atom stereocenters. The van der Waals surface area contributed by atoms with Crippen molar-refractivity contribution in [3.05, 3.63) is 72.8 Å². The number of benzene rings is 3. The molecule has 1 saturated heterocycles. The average molecular weight is 634 g/mol. The Bertz CT molecular complexity index is 1540. The molecule has 0 aromatic heterocycles. The number of carbonyl (C=O) groups is 1. The Morgan fingerprint density at radius 1 is 0.857 bits per heavy atom. The van der Waals surface area contributed by atoms with E-state index < -0.39 is 32.5 Å². The summed E-state index contributed by atoms with van der Waals surface area (Å²) in [7, 11) is -7.57. The molecule has 3 aromatic carbocycles. The third kappa shape index (κ3) is 7.77. The second-order valence-electron chi connectivity index (χ2n) is 9.40. The monoisotopic (exact) mass is 633 g/mol.